The lowest BCUT2D eigenvalue weighted by Crippen LogP contribution is -2.35. The minimum absolute atomic E-state index is 0.115. The van der Waals surface area contributed by atoms with Crippen molar-refractivity contribution >= 4 is 10.8 Å². The molecule has 3 rings (SSSR count). The van der Waals surface area contributed by atoms with E-state index in [2.05, 4.69) is 50.2 Å². The third kappa shape index (κ3) is 0.844. The van der Waals surface area contributed by atoms with Crippen molar-refractivity contribution in [3.8, 4) is 5.75 Å². The van der Waals surface area contributed by atoms with Crippen LogP contribution in [-0.4, -0.2) is 0 Å². The zero-order valence-electron chi connectivity index (χ0n) is 8.37. The van der Waals surface area contributed by atoms with Gasteiger partial charge in [-0.2, -0.15) is 0 Å². The van der Waals surface area contributed by atoms with Crippen LogP contribution in [0.1, 0.15) is 19.4 Å². The molecule has 1 nitrogen and oxygen atoms in total. The molecule has 0 saturated heterocycles. The van der Waals surface area contributed by atoms with Crippen molar-refractivity contribution in [3.63, 3.8) is 0 Å². The molecule has 14 heavy (non-hydrogen) atoms. The number of ether oxygens (including phenoxy) is 1. The van der Waals surface area contributed by atoms with E-state index in [0.29, 0.717) is 0 Å². The zero-order valence-corrected chi connectivity index (χ0v) is 8.37. The first-order chi connectivity index (χ1) is 6.68. The highest BCUT2D eigenvalue weighted by Crippen LogP contribution is 2.47. The molecule has 1 aliphatic rings. The maximum Gasteiger partial charge on any atom is 0.133 e. The maximum atomic E-state index is 5.68. The Hall–Kier alpha value is -1.50. The molecule has 0 aliphatic carbocycles. The number of hydrogen-bond acceptors (Lipinski definition) is 1. The van der Waals surface area contributed by atoms with Gasteiger partial charge in [-0.3, -0.25) is 0 Å². The Morgan fingerprint density at radius 1 is 1.00 bits per heavy atom. The molecule has 0 saturated carbocycles. The van der Waals surface area contributed by atoms with Crippen LogP contribution in [0.4, 0.5) is 0 Å². The lowest BCUT2D eigenvalue weighted by Gasteiger charge is -2.39. The van der Waals surface area contributed by atoms with Gasteiger partial charge in [0.25, 0.3) is 0 Å². The number of fused-ring (bicyclic) bond motifs is 3. The molecule has 2 aromatic carbocycles. The van der Waals surface area contributed by atoms with E-state index in [1.165, 1.54) is 16.3 Å². The first-order valence-electron chi connectivity index (χ1n) is 4.90. The standard InChI is InChI=1S/C13H12O/c1-13(2)12-10-6-4-3-5-9(10)7-8-11(12)14-13/h3-8H,1-2H3. The van der Waals surface area contributed by atoms with Crippen LogP contribution in [0.2, 0.25) is 0 Å². The predicted octanol–water partition coefficient (Wildman–Crippen LogP) is 3.47. The van der Waals surface area contributed by atoms with Gasteiger partial charge in [-0.1, -0.05) is 30.3 Å². The summed E-state index contributed by atoms with van der Waals surface area (Å²) >= 11 is 0. The average Bonchev–Trinajstić information content (AvgIpc) is 2.15. The second-order valence-corrected chi connectivity index (χ2v) is 4.27. The fraction of sp³-hybridized carbons (Fsp3) is 0.231. The van der Waals surface area contributed by atoms with Gasteiger partial charge in [0.15, 0.2) is 0 Å². The molecule has 0 radical (unpaired) electrons. The van der Waals surface area contributed by atoms with Gasteiger partial charge in [-0.25, -0.2) is 0 Å². The van der Waals surface area contributed by atoms with Crippen LogP contribution in [0.3, 0.4) is 0 Å². The molecule has 1 heteroatoms. The van der Waals surface area contributed by atoms with Gasteiger partial charge < -0.3 is 4.74 Å². The third-order valence-corrected chi connectivity index (χ3v) is 2.86. The van der Waals surface area contributed by atoms with Crippen LogP contribution >= 0.6 is 0 Å². The highest BCUT2D eigenvalue weighted by Gasteiger charge is 2.37. The van der Waals surface area contributed by atoms with Crippen LogP contribution in [0, 0.1) is 0 Å². The largest absolute Gasteiger partial charge is 0.483 e. The van der Waals surface area contributed by atoms with Crippen LogP contribution < -0.4 is 4.74 Å². The summed E-state index contributed by atoms with van der Waals surface area (Å²) < 4.78 is 5.68. The Bertz CT molecular complexity index is 512. The lowest BCUT2D eigenvalue weighted by molar-refractivity contribution is 0.0544. The molecule has 1 heterocycles. The highest BCUT2D eigenvalue weighted by atomic mass is 16.5. The molecule has 70 valence electrons. The van der Waals surface area contributed by atoms with E-state index < -0.39 is 0 Å². The molecule has 0 bridgehead atoms. The van der Waals surface area contributed by atoms with Gasteiger partial charge in [0.1, 0.15) is 11.4 Å². The number of benzene rings is 2. The van der Waals surface area contributed by atoms with Crippen LogP contribution in [0.25, 0.3) is 10.8 Å². The fourth-order valence-electron chi connectivity index (χ4n) is 2.24. The molecule has 0 N–H and O–H groups in total. The van der Waals surface area contributed by atoms with Crippen molar-refractivity contribution in [2.75, 3.05) is 0 Å². The third-order valence-electron chi connectivity index (χ3n) is 2.86. The molecule has 0 amide bonds. The first-order valence-corrected chi connectivity index (χ1v) is 4.90. The Balaban J connectivity index is 2.43. The van der Waals surface area contributed by atoms with Crippen molar-refractivity contribution in [2.24, 2.45) is 0 Å². The quantitative estimate of drug-likeness (QED) is 0.609. The normalized spacial score (nSPS) is 17.0. The SMILES string of the molecule is CC1(C)Oc2ccc3ccccc3c21. The Kier molecular flexibility index (Phi) is 1.29. The summed E-state index contributed by atoms with van der Waals surface area (Å²) in [6.45, 7) is 4.23. The summed E-state index contributed by atoms with van der Waals surface area (Å²) in [6.07, 6.45) is 0. The van der Waals surface area contributed by atoms with E-state index in [4.69, 9.17) is 4.74 Å². The monoisotopic (exact) mass is 184 g/mol. The van der Waals surface area contributed by atoms with E-state index >= 15 is 0 Å². The molecular weight excluding hydrogens is 172 g/mol. The van der Waals surface area contributed by atoms with Crippen LogP contribution in [0.5, 0.6) is 5.75 Å². The van der Waals surface area contributed by atoms with Gasteiger partial charge >= 0.3 is 0 Å². The molecule has 0 unspecified atom stereocenters. The van der Waals surface area contributed by atoms with Gasteiger partial charge in [-0.05, 0) is 30.7 Å². The van der Waals surface area contributed by atoms with E-state index in [1.807, 2.05) is 0 Å². The smallest absolute Gasteiger partial charge is 0.133 e. The maximum absolute atomic E-state index is 5.68. The van der Waals surface area contributed by atoms with Gasteiger partial charge in [0, 0.05) is 5.56 Å². The van der Waals surface area contributed by atoms with Crippen molar-refractivity contribution in [1.82, 2.24) is 0 Å². The van der Waals surface area contributed by atoms with Gasteiger partial charge in [-0.15, -0.1) is 0 Å². The summed E-state index contributed by atoms with van der Waals surface area (Å²) in [7, 11) is 0. The molecule has 0 fully saturated rings. The Morgan fingerprint density at radius 2 is 1.79 bits per heavy atom. The van der Waals surface area contributed by atoms with Crippen molar-refractivity contribution in [3.05, 3.63) is 42.0 Å². The van der Waals surface area contributed by atoms with E-state index in [9.17, 15) is 0 Å². The van der Waals surface area contributed by atoms with E-state index in [0.717, 1.165) is 5.75 Å². The predicted molar refractivity (Wildman–Crippen MR) is 57.6 cm³/mol. The van der Waals surface area contributed by atoms with E-state index in [-0.39, 0.29) is 5.60 Å². The molecule has 0 atom stereocenters. The molecule has 2 aromatic rings. The van der Waals surface area contributed by atoms with Crippen molar-refractivity contribution < 1.29 is 4.74 Å². The summed E-state index contributed by atoms with van der Waals surface area (Å²) in [6, 6.07) is 12.6. The first kappa shape index (κ1) is 7.86. The second kappa shape index (κ2) is 2.30. The van der Waals surface area contributed by atoms with Gasteiger partial charge in [0.2, 0.25) is 0 Å². The number of rotatable bonds is 0. The molecule has 0 spiro atoms. The lowest BCUT2D eigenvalue weighted by atomic mass is 9.87. The Labute approximate surface area is 83.3 Å². The fourth-order valence-corrected chi connectivity index (χ4v) is 2.24. The van der Waals surface area contributed by atoms with E-state index in [1.54, 1.807) is 0 Å². The van der Waals surface area contributed by atoms with Crippen LogP contribution in [-0.2, 0) is 5.60 Å². The topological polar surface area (TPSA) is 9.23 Å². The summed E-state index contributed by atoms with van der Waals surface area (Å²) in [5.74, 6) is 1.04. The number of hydrogen-bond donors (Lipinski definition) is 0. The highest BCUT2D eigenvalue weighted by molar-refractivity contribution is 5.89. The molecule has 0 aromatic heterocycles. The summed E-state index contributed by atoms with van der Waals surface area (Å²) in [5.41, 5.74) is 1.23. The van der Waals surface area contributed by atoms with Crippen LogP contribution in [0.15, 0.2) is 36.4 Å². The molecular formula is C13H12O. The summed E-state index contributed by atoms with van der Waals surface area (Å²) in [5, 5.41) is 2.61. The van der Waals surface area contributed by atoms with Crippen molar-refractivity contribution in [2.45, 2.75) is 19.4 Å². The summed E-state index contributed by atoms with van der Waals surface area (Å²) in [4.78, 5) is 0. The molecule has 1 aliphatic heterocycles. The Morgan fingerprint density at radius 3 is 2.57 bits per heavy atom. The minimum Gasteiger partial charge on any atom is -0.483 e. The second-order valence-electron chi connectivity index (χ2n) is 4.27. The average molecular weight is 184 g/mol. The van der Waals surface area contributed by atoms with Gasteiger partial charge in [0.05, 0.1) is 0 Å². The minimum atomic E-state index is -0.115. The van der Waals surface area contributed by atoms with Crippen molar-refractivity contribution in [1.29, 1.82) is 0 Å². The zero-order chi connectivity index (χ0) is 9.76.